The number of pyridine rings is 1. The molecule has 11 heteroatoms. The number of para-hydroxylation sites is 1. The van der Waals surface area contributed by atoms with Gasteiger partial charge in [0.05, 0.1) is 17.7 Å². The summed E-state index contributed by atoms with van der Waals surface area (Å²) < 4.78 is 46.5. The Morgan fingerprint density at radius 2 is 1.71 bits per heavy atom. The first kappa shape index (κ1) is 25.5. The van der Waals surface area contributed by atoms with Crippen LogP contribution in [0.1, 0.15) is 19.3 Å². The third kappa shape index (κ3) is 5.88. The van der Waals surface area contributed by atoms with Crippen LogP contribution in [-0.2, 0) is 14.3 Å². The van der Waals surface area contributed by atoms with Crippen LogP contribution in [0, 0.1) is 0 Å². The number of hydrogen-bond donors (Lipinski definition) is 2. The average Bonchev–Trinajstić information content (AvgIpc) is 3.63. The van der Waals surface area contributed by atoms with Gasteiger partial charge in [-0.3, -0.25) is 14.5 Å². The van der Waals surface area contributed by atoms with Gasteiger partial charge in [0.25, 0.3) is 5.56 Å². The van der Waals surface area contributed by atoms with E-state index in [0.29, 0.717) is 30.2 Å². The summed E-state index contributed by atoms with van der Waals surface area (Å²) in [6.07, 6.45) is -3.69. The summed E-state index contributed by atoms with van der Waals surface area (Å²) in [4.78, 5) is 43.2. The number of alkyl halides is 3. The molecule has 2 N–H and O–H groups in total. The maximum Gasteiger partial charge on any atom is 0.491 e. The van der Waals surface area contributed by atoms with Gasteiger partial charge in [0.1, 0.15) is 12.4 Å². The predicted octanol–water partition coefficient (Wildman–Crippen LogP) is 4.54. The Bertz CT molecular complexity index is 1560. The van der Waals surface area contributed by atoms with E-state index in [1.54, 1.807) is 6.07 Å². The molecule has 38 heavy (non-hydrogen) atoms. The first-order valence-electron chi connectivity index (χ1n) is 12.1. The number of rotatable bonds is 9. The van der Waals surface area contributed by atoms with E-state index in [0.717, 1.165) is 34.6 Å². The highest BCUT2D eigenvalue weighted by molar-refractivity contribution is 5.90. The fourth-order valence-corrected chi connectivity index (χ4v) is 4.34. The molecule has 2 aromatic heterocycles. The molecule has 0 saturated heterocycles. The van der Waals surface area contributed by atoms with Crippen molar-refractivity contribution in [1.82, 2.24) is 14.9 Å². The Kier molecular flexibility index (Phi) is 6.94. The second-order valence-electron chi connectivity index (χ2n) is 9.16. The van der Waals surface area contributed by atoms with Gasteiger partial charge in [-0.25, -0.2) is 4.79 Å². The summed E-state index contributed by atoms with van der Waals surface area (Å²) in [5, 5.41) is 1.78. The largest absolute Gasteiger partial charge is 0.492 e. The molecule has 0 aliphatic heterocycles. The van der Waals surface area contributed by atoms with Crippen molar-refractivity contribution < 1.29 is 32.2 Å². The molecule has 0 unspecified atom stereocenters. The number of esters is 2. The van der Waals surface area contributed by atoms with Crippen molar-refractivity contribution in [3.05, 3.63) is 65.0 Å². The number of carbonyl (C=O) groups excluding carboxylic acids is 2. The van der Waals surface area contributed by atoms with Crippen LogP contribution < -0.4 is 10.3 Å². The molecule has 5 rings (SSSR count). The van der Waals surface area contributed by atoms with Crippen LogP contribution in [0.2, 0.25) is 0 Å². The van der Waals surface area contributed by atoms with E-state index in [-0.39, 0.29) is 24.6 Å². The lowest BCUT2D eigenvalue weighted by Crippen LogP contribution is -2.34. The van der Waals surface area contributed by atoms with Crippen molar-refractivity contribution in [1.29, 1.82) is 0 Å². The quantitative estimate of drug-likeness (QED) is 0.245. The lowest BCUT2D eigenvalue weighted by molar-refractivity contribution is -0.201. The van der Waals surface area contributed by atoms with Crippen LogP contribution in [0.4, 0.5) is 13.2 Å². The van der Waals surface area contributed by atoms with Crippen LogP contribution in [0.5, 0.6) is 5.75 Å². The Morgan fingerprint density at radius 1 is 0.947 bits per heavy atom. The summed E-state index contributed by atoms with van der Waals surface area (Å²) in [6, 6.07) is 17.0. The van der Waals surface area contributed by atoms with Crippen LogP contribution in [0.25, 0.3) is 33.1 Å². The number of carbonyl (C=O) groups is 2. The molecular weight excluding hydrogens is 503 g/mol. The normalized spacial score (nSPS) is 13.8. The molecule has 0 amide bonds. The van der Waals surface area contributed by atoms with Crippen LogP contribution in [0.3, 0.4) is 0 Å². The first-order chi connectivity index (χ1) is 18.2. The molecule has 0 radical (unpaired) electrons. The standard InChI is InChI=1S/C27H24F3N3O5/c28-27(29,30)26(36)38-24(34)9-10-33(18-5-6-18)11-12-37-19-7-8-22-17(13-19)15-23(31-22)20-14-16-3-1-2-4-21(16)32-25(20)35/h1-4,7-8,13-15,18,31H,5-6,9-12H2,(H,32,35). The zero-order valence-electron chi connectivity index (χ0n) is 20.1. The van der Waals surface area contributed by atoms with Gasteiger partial charge in [-0.15, -0.1) is 0 Å². The number of fused-ring (bicyclic) bond motifs is 2. The fourth-order valence-electron chi connectivity index (χ4n) is 4.34. The number of ether oxygens (including phenoxy) is 2. The molecule has 0 spiro atoms. The van der Waals surface area contributed by atoms with Gasteiger partial charge in [0.2, 0.25) is 0 Å². The summed E-state index contributed by atoms with van der Waals surface area (Å²) in [5.41, 5.74) is 2.61. The number of benzene rings is 2. The molecule has 1 fully saturated rings. The lowest BCUT2D eigenvalue weighted by Gasteiger charge is -2.21. The monoisotopic (exact) mass is 527 g/mol. The molecule has 4 aromatic rings. The highest BCUT2D eigenvalue weighted by Crippen LogP contribution is 2.28. The van der Waals surface area contributed by atoms with Crippen LogP contribution in [-0.4, -0.2) is 58.7 Å². The number of hydrogen-bond acceptors (Lipinski definition) is 6. The average molecular weight is 527 g/mol. The van der Waals surface area contributed by atoms with E-state index in [2.05, 4.69) is 14.7 Å². The molecular formula is C27H24F3N3O5. The van der Waals surface area contributed by atoms with Crippen molar-refractivity contribution in [2.75, 3.05) is 19.7 Å². The second-order valence-corrected chi connectivity index (χ2v) is 9.16. The van der Waals surface area contributed by atoms with E-state index in [9.17, 15) is 27.6 Å². The second kappa shape index (κ2) is 10.3. The fraction of sp³-hybridized carbons (Fsp3) is 0.296. The summed E-state index contributed by atoms with van der Waals surface area (Å²) in [6.45, 7) is 0.909. The topological polar surface area (TPSA) is 104 Å². The highest BCUT2D eigenvalue weighted by atomic mass is 19.4. The zero-order chi connectivity index (χ0) is 26.9. The van der Waals surface area contributed by atoms with E-state index in [1.807, 2.05) is 53.4 Å². The molecule has 198 valence electrons. The van der Waals surface area contributed by atoms with Gasteiger partial charge < -0.3 is 19.4 Å². The Morgan fingerprint density at radius 3 is 2.47 bits per heavy atom. The number of nitrogens with zero attached hydrogens (tertiary/aromatic N) is 1. The van der Waals surface area contributed by atoms with Crippen molar-refractivity contribution in [3.8, 4) is 17.0 Å². The summed E-state index contributed by atoms with van der Waals surface area (Å²) in [7, 11) is 0. The number of nitrogens with one attached hydrogen (secondary N) is 2. The minimum absolute atomic E-state index is 0.165. The number of aromatic amines is 2. The zero-order valence-corrected chi connectivity index (χ0v) is 20.1. The molecule has 1 saturated carbocycles. The smallest absolute Gasteiger partial charge is 0.491 e. The molecule has 2 aromatic carbocycles. The van der Waals surface area contributed by atoms with Gasteiger partial charge in [-0.2, -0.15) is 13.2 Å². The minimum Gasteiger partial charge on any atom is -0.492 e. The van der Waals surface area contributed by atoms with E-state index >= 15 is 0 Å². The Labute approximate surface area is 214 Å². The third-order valence-corrected chi connectivity index (χ3v) is 6.39. The van der Waals surface area contributed by atoms with Gasteiger partial charge in [0, 0.05) is 35.6 Å². The molecule has 2 heterocycles. The minimum atomic E-state index is -5.20. The van der Waals surface area contributed by atoms with Crippen LogP contribution in [0.15, 0.2) is 59.4 Å². The third-order valence-electron chi connectivity index (χ3n) is 6.39. The first-order valence-corrected chi connectivity index (χ1v) is 12.1. The van der Waals surface area contributed by atoms with Crippen molar-refractivity contribution >= 4 is 33.7 Å². The maximum atomic E-state index is 12.6. The van der Waals surface area contributed by atoms with Crippen LogP contribution >= 0.6 is 0 Å². The number of aromatic nitrogens is 2. The van der Waals surface area contributed by atoms with Gasteiger partial charge in [-0.1, -0.05) is 18.2 Å². The van der Waals surface area contributed by atoms with Crippen molar-refractivity contribution in [3.63, 3.8) is 0 Å². The summed E-state index contributed by atoms with van der Waals surface area (Å²) >= 11 is 0. The maximum absolute atomic E-state index is 12.6. The van der Waals surface area contributed by atoms with Gasteiger partial charge in [-0.05, 0) is 54.6 Å². The van der Waals surface area contributed by atoms with Gasteiger partial charge >= 0.3 is 18.1 Å². The SMILES string of the molecule is O=C(CCN(CCOc1ccc2[nH]c(-c3cc4ccccc4[nH]c3=O)cc2c1)C1CC1)OC(=O)C(F)(F)F. The lowest BCUT2D eigenvalue weighted by atomic mass is 10.1. The van der Waals surface area contributed by atoms with E-state index in [4.69, 9.17) is 4.74 Å². The molecule has 0 bridgehead atoms. The predicted molar refractivity (Wildman–Crippen MR) is 134 cm³/mol. The summed E-state index contributed by atoms with van der Waals surface area (Å²) in [5.74, 6) is -3.10. The van der Waals surface area contributed by atoms with E-state index in [1.165, 1.54) is 0 Å². The Balaban J connectivity index is 1.20. The molecule has 0 atom stereocenters. The number of H-pyrrole nitrogens is 2. The van der Waals surface area contributed by atoms with Crippen molar-refractivity contribution in [2.24, 2.45) is 0 Å². The highest BCUT2D eigenvalue weighted by Gasteiger charge is 2.42. The molecule has 1 aliphatic carbocycles. The van der Waals surface area contributed by atoms with E-state index < -0.39 is 18.1 Å². The number of halogens is 3. The molecule has 1 aliphatic rings. The van der Waals surface area contributed by atoms with Gasteiger partial charge in [0.15, 0.2) is 0 Å². The molecule has 8 nitrogen and oxygen atoms in total. The Hall–Kier alpha value is -4.12. The van der Waals surface area contributed by atoms with Crippen molar-refractivity contribution in [2.45, 2.75) is 31.5 Å².